The van der Waals surface area contributed by atoms with E-state index in [9.17, 15) is 22.8 Å². The van der Waals surface area contributed by atoms with Crippen molar-refractivity contribution in [3.05, 3.63) is 64.7 Å². The van der Waals surface area contributed by atoms with Gasteiger partial charge in [-0.05, 0) is 54.4 Å². The van der Waals surface area contributed by atoms with Gasteiger partial charge in [-0.15, -0.1) is 0 Å². The van der Waals surface area contributed by atoms with Crippen molar-refractivity contribution >= 4 is 39.3 Å². The minimum Gasteiger partial charge on any atom is -0.468 e. The Balaban J connectivity index is 2.04. The summed E-state index contributed by atoms with van der Waals surface area (Å²) in [5.74, 6) is -1.85. The summed E-state index contributed by atoms with van der Waals surface area (Å²) in [5.41, 5.74) is 0.582. The highest BCUT2D eigenvalue weighted by atomic mass is 35.5. The summed E-state index contributed by atoms with van der Waals surface area (Å²) in [5, 5.41) is 2.99. The quantitative estimate of drug-likeness (QED) is 0.432. The number of nitrogens with one attached hydrogen (secondary N) is 2. The molecule has 8 nitrogen and oxygen atoms in total. The van der Waals surface area contributed by atoms with E-state index in [4.69, 9.17) is 11.6 Å². The highest BCUT2D eigenvalue weighted by molar-refractivity contribution is 7.89. The highest BCUT2D eigenvalue weighted by Gasteiger charge is 2.29. The topological polar surface area (TPSA) is 119 Å². The fourth-order valence-corrected chi connectivity index (χ4v) is 4.06. The summed E-state index contributed by atoms with van der Waals surface area (Å²) in [6.45, 7) is 3.14. The number of ether oxygens (including phenoxy) is 1. The van der Waals surface area contributed by atoms with E-state index < -0.39 is 27.9 Å². The molecule has 166 valence electrons. The van der Waals surface area contributed by atoms with Gasteiger partial charge in [-0.3, -0.25) is 14.4 Å². The maximum atomic E-state index is 12.6. The second-order valence-corrected chi connectivity index (χ2v) is 9.15. The van der Waals surface area contributed by atoms with Gasteiger partial charge in [0.15, 0.2) is 5.78 Å². The smallest absolute Gasteiger partial charge is 0.324 e. The number of hydrogen-bond acceptors (Lipinski definition) is 6. The lowest BCUT2D eigenvalue weighted by Gasteiger charge is -2.19. The maximum absolute atomic E-state index is 12.6. The Hall–Kier alpha value is -2.75. The summed E-state index contributed by atoms with van der Waals surface area (Å²) in [7, 11) is -2.84. The zero-order chi connectivity index (χ0) is 23.2. The number of esters is 1. The molecule has 0 aliphatic rings. The standard InChI is InChI=1S/C21H23ClN2O6S/c1-13(2)19(21(27)30-3)24-31(28,29)17-10-6-15(7-11-17)20(26)23-12-18(25)14-4-8-16(22)9-5-14/h4-11,13,19,24H,12H2,1-3H3,(H,23,26)/t19-/m1/s1. The number of carbonyl (C=O) groups is 3. The molecule has 0 radical (unpaired) electrons. The van der Waals surface area contributed by atoms with Crippen LogP contribution in [0, 0.1) is 5.92 Å². The average molecular weight is 467 g/mol. The predicted octanol–water partition coefficient (Wildman–Crippen LogP) is 2.43. The molecule has 0 aliphatic carbocycles. The van der Waals surface area contributed by atoms with Crippen molar-refractivity contribution in [1.29, 1.82) is 0 Å². The number of ketones is 1. The van der Waals surface area contributed by atoms with Crippen molar-refractivity contribution in [3.8, 4) is 0 Å². The van der Waals surface area contributed by atoms with Crippen LogP contribution in [0.25, 0.3) is 0 Å². The van der Waals surface area contributed by atoms with Gasteiger partial charge in [-0.25, -0.2) is 8.42 Å². The zero-order valence-corrected chi connectivity index (χ0v) is 18.8. The Morgan fingerprint density at radius 1 is 0.968 bits per heavy atom. The van der Waals surface area contributed by atoms with E-state index in [1.54, 1.807) is 38.1 Å². The number of methoxy groups -OCH3 is 1. The molecule has 2 N–H and O–H groups in total. The molecule has 0 unspecified atom stereocenters. The van der Waals surface area contributed by atoms with Crippen LogP contribution < -0.4 is 10.0 Å². The monoisotopic (exact) mass is 466 g/mol. The minimum atomic E-state index is -4.01. The largest absolute Gasteiger partial charge is 0.468 e. The fraction of sp³-hybridized carbons (Fsp3) is 0.286. The highest BCUT2D eigenvalue weighted by Crippen LogP contribution is 2.14. The van der Waals surface area contributed by atoms with Crippen molar-refractivity contribution in [2.45, 2.75) is 24.8 Å². The molecular formula is C21H23ClN2O6S. The lowest BCUT2D eigenvalue weighted by Crippen LogP contribution is -2.44. The minimum absolute atomic E-state index is 0.115. The molecule has 1 atom stereocenters. The van der Waals surface area contributed by atoms with Crippen LogP contribution in [0.5, 0.6) is 0 Å². The van der Waals surface area contributed by atoms with Crippen LogP contribution in [-0.2, 0) is 19.6 Å². The number of rotatable bonds is 9. The fourth-order valence-electron chi connectivity index (χ4n) is 2.60. The number of carbonyl (C=O) groups excluding carboxylic acids is 3. The molecule has 31 heavy (non-hydrogen) atoms. The van der Waals surface area contributed by atoms with Gasteiger partial charge in [0.2, 0.25) is 10.0 Å². The van der Waals surface area contributed by atoms with Crippen molar-refractivity contribution in [3.63, 3.8) is 0 Å². The van der Waals surface area contributed by atoms with Crippen LogP contribution in [0.15, 0.2) is 53.4 Å². The summed E-state index contributed by atoms with van der Waals surface area (Å²) < 4.78 is 32.1. The van der Waals surface area contributed by atoms with Crippen LogP contribution in [0.3, 0.4) is 0 Å². The van der Waals surface area contributed by atoms with Crippen LogP contribution in [0.1, 0.15) is 34.6 Å². The second-order valence-electron chi connectivity index (χ2n) is 7.00. The zero-order valence-electron chi connectivity index (χ0n) is 17.2. The third-order valence-corrected chi connectivity index (χ3v) is 6.12. The normalized spacial score (nSPS) is 12.3. The van der Waals surface area contributed by atoms with Crippen LogP contribution in [-0.4, -0.2) is 45.8 Å². The molecule has 10 heteroatoms. The Labute approximate surface area is 186 Å². The van der Waals surface area contributed by atoms with Crippen molar-refractivity contribution in [1.82, 2.24) is 10.0 Å². The third kappa shape index (κ3) is 6.61. The van der Waals surface area contributed by atoms with Crippen LogP contribution in [0.4, 0.5) is 0 Å². The van der Waals surface area contributed by atoms with Crippen LogP contribution in [0.2, 0.25) is 5.02 Å². The van der Waals surface area contributed by atoms with Crippen molar-refractivity contribution in [2.75, 3.05) is 13.7 Å². The SMILES string of the molecule is COC(=O)[C@H](NS(=O)(=O)c1ccc(C(=O)NCC(=O)c2ccc(Cl)cc2)cc1)C(C)C. The Morgan fingerprint density at radius 3 is 2.03 bits per heavy atom. The van der Waals surface area contributed by atoms with E-state index in [0.29, 0.717) is 10.6 Å². The first-order valence-corrected chi connectivity index (χ1v) is 11.2. The van der Waals surface area contributed by atoms with Gasteiger partial charge in [0.05, 0.1) is 18.6 Å². The lowest BCUT2D eigenvalue weighted by atomic mass is 10.1. The van der Waals surface area contributed by atoms with E-state index in [1.165, 1.54) is 31.4 Å². The summed E-state index contributed by atoms with van der Waals surface area (Å²) >= 11 is 5.78. The number of Topliss-reactive ketones (excluding diaryl/α,β-unsaturated/α-hetero) is 1. The molecule has 2 rings (SSSR count). The molecule has 0 spiro atoms. The number of sulfonamides is 1. The molecule has 0 aromatic heterocycles. The van der Waals surface area contributed by atoms with Crippen molar-refractivity contribution in [2.24, 2.45) is 5.92 Å². The van der Waals surface area contributed by atoms with Crippen molar-refractivity contribution < 1.29 is 27.5 Å². The van der Waals surface area contributed by atoms with Crippen LogP contribution >= 0.6 is 11.6 Å². The molecule has 0 fully saturated rings. The first-order chi connectivity index (χ1) is 14.5. The van der Waals surface area contributed by atoms with Gasteiger partial charge < -0.3 is 10.1 Å². The summed E-state index contributed by atoms with van der Waals surface area (Å²) in [6.07, 6.45) is 0. The average Bonchev–Trinajstić information content (AvgIpc) is 2.75. The molecule has 0 saturated heterocycles. The summed E-state index contributed by atoms with van der Waals surface area (Å²) in [4.78, 5) is 36.1. The molecular weight excluding hydrogens is 444 g/mol. The number of hydrogen-bond donors (Lipinski definition) is 2. The van der Waals surface area contributed by atoms with E-state index in [0.717, 1.165) is 0 Å². The van der Waals surface area contributed by atoms with E-state index in [2.05, 4.69) is 14.8 Å². The Kier molecular flexibility index (Phi) is 8.32. The van der Waals surface area contributed by atoms with Gasteiger partial charge >= 0.3 is 5.97 Å². The lowest BCUT2D eigenvalue weighted by molar-refractivity contribution is -0.143. The molecule has 0 bridgehead atoms. The third-order valence-electron chi connectivity index (χ3n) is 4.41. The Bertz CT molecular complexity index is 1050. The molecule has 0 saturated carbocycles. The van der Waals surface area contributed by atoms with Gasteiger partial charge in [0, 0.05) is 16.1 Å². The molecule has 0 heterocycles. The van der Waals surface area contributed by atoms with E-state index in [1.807, 2.05) is 0 Å². The maximum Gasteiger partial charge on any atom is 0.324 e. The second kappa shape index (κ2) is 10.5. The first-order valence-electron chi connectivity index (χ1n) is 9.32. The molecule has 2 aromatic carbocycles. The van der Waals surface area contributed by atoms with Gasteiger partial charge in [-0.2, -0.15) is 4.72 Å². The van der Waals surface area contributed by atoms with Gasteiger partial charge in [0.1, 0.15) is 6.04 Å². The van der Waals surface area contributed by atoms with Gasteiger partial charge in [-0.1, -0.05) is 25.4 Å². The summed E-state index contributed by atoms with van der Waals surface area (Å²) in [6, 6.07) is 10.3. The molecule has 1 amide bonds. The van der Waals surface area contributed by atoms with Gasteiger partial charge in [0.25, 0.3) is 5.91 Å². The predicted molar refractivity (Wildman–Crippen MR) is 116 cm³/mol. The molecule has 0 aliphatic heterocycles. The van der Waals surface area contributed by atoms with E-state index >= 15 is 0 Å². The number of benzene rings is 2. The number of halogens is 1. The van der Waals surface area contributed by atoms with E-state index in [-0.39, 0.29) is 28.7 Å². The first kappa shape index (κ1) is 24.5. The Morgan fingerprint density at radius 2 is 1.52 bits per heavy atom. The molecule has 2 aromatic rings. The number of amides is 1.